The standard InChI is InChI=1S/C14H21NO3/c1-11(2)18-13-6-4-12(5-7-13)14(17)10-15-8-3-9-16/h4-7,11,15-16H,3,8-10H2,1-2H3. The fourth-order valence-corrected chi connectivity index (χ4v) is 1.50. The number of hydrogen-bond acceptors (Lipinski definition) is 4. The van der Waals surface area contributed by atoms with E-state index in [9.17, 15) is 4.79 Å². The fraction of sp³-hybridized carbons (Fsp3) is 0.500. The van der Waals surface area contributed by atoms with Gasteiger partial charge < -0.3 is 15.2 Å². The smallest absolute Gasteiger partial charge is 0.176 e. The number of benzene rings is 1. The SMILES string of the molecule is CC(C)Oc1ccc(C(=O)CNCCCO)cc1. The molecule has 18 heavy (non-hydrogen) atoms. The van der Waals surface area contributed by atoms with E-state index >= 15 is 0 Å². The van der Waals surface area contributed by atoms with E-state index < -0.39 is 0 Å². The summed E-state index contributed by atoms with van der Waals surface area (Å²) in [6, 6.07) is 7.16. The topological polar surface area (TPSA) is 58.6 Å². The normalized spacial score (nSPS) is 10.7. The Hall–Kier alpha value is -1.39. The summed E-state index contributed by atoms with van der Waals surface area (Å²) in [4.78, 5) is 11.8. The highest BCUT2D eigenvalue weighted by molar-refractivity contribution is 5.97. The van der Waals surface area contributed by atoms with Gasteiger partial charge in [-0.1, -0.05) is 0 Å². The van der Waals surface area contributed by atoms with Crippen LogP contribution in [0.15, 0.2) is 24.3 Å². The van der Waals surface area contributed by atoms with E-state index in [2.05, 4.69) is 5.32 Å². The zero-order valence-electron chi connectivity index (χ0n) is 11.0. The van der Waals surface area contributed by atoms with Crippen molar-refractivity contribution in [3.63, 3.8) is 0 Å². The number of rotatable bonds is 8. The molecule has 1 rings (SSSR count). The third-order valence-corrected chi connectivity index (χ3v) is 2.35. The Balaban J connectivity index is 2.43. The molecule has 0 bridgehead atoms. The molecular weight excluding hydrogens is 230 g/mol. The first kappa shape index (κ1) is 14.7. The van der Waals surface area contributed by atoms with Crippen LogP contribution in [-0.4, -0.2) is 36.7 Å². The minimum Gasteiger partial charge on any atom is -0.491 e. The lowest BCUT2D eigenvalue weighted by Gasteiger charge is -2.10. The molecule has 1 aromatic carbocycles. The molecule has 0 aliphatic carbocycles. The van der Waals surface area contributed by atoms with Crippen molar-refractivity contribution >= 4 is 5.78 Å². The monoisotopic (exact) mass is 251 g/mol. The lowest BCUT2D eigenvalue weighted by molar-refractivity contribution is 0.0990. The molecule has 0 amide bonds. The van der Waals surface area contributed by atoms with Crippen molar-refractivity contribution in [1.29, 1.82) is 0 Å². The number of aliphatic hydroxyl groups is 1. The number of ketones is 1. The second-order valence-corrected chi connectivity index (χ2v) is 4.37. The van der Waals surface area contributed by atoms with Gasteiger partial charge in [0, 0.05) is 12.2 Å². The van der Waals surface area contributed by atoms with Crippen molar-refractivity contribution in [3.05, 3.63) is 29.8 Å². The lowest BCUT2D eigenvalue weighted by Crippen LogP contribution is -2.24. The number of hydrogen-bond donors (Lipinski definition) is 2. The van der Waals surface area contributed by atoms with E-state index in [0.29, 0.717) is 25.1 Å². The summed E-state index contributed by atoms with van der Waals surface area (Å²) in [5, 5.41) is 11.6. The highest BCUT2D eigenvalue weighted by atomic mass is 16.5. The van der Waals surface area contributed by atoms with Crippen LogP contribution in [0.1, 0.15) is 30.6 Å². The van der Waals surface area contributed by atoms with Crippen LogP contribution in [0.3, 0.4) is 0 Å². The molecule has 0 aliphatic rings. The van der Waals surface area contributed by atoms with Gasteiger partial charge in [0.1, 0.15) is 5.75 Å². The van der Waals surface area contributed by atoms with Crippen molar-refractivity contribution in [1.82, 2.24) is 5.32 Å². The number of carbonyl (C=O) groups excluding carboxylic acids is 1. The van der Waals surface area contributed by atoms with Crippen molar-refractivity contribution in [2.24, 2.45) is 0 Å². The molecule has 100 valence electrons. The van der Waals surface area contributed by atoms with Crippen LogP contribution in [0.5, 0.6) is 5.75 Å². The van der Waals surface area contributed by atoms with Crippen LogP contribution in [0, 0.1) is 0 Å². The Morgan fingerprint density at radius 2 is 2.00 bits per heavy atom. The highest BCUT2D eigenvalue weighted by Gasteiger charge is 2.05. The summed E-state index contributed by atoms with van der Waals surface area (Å²) in [6.07, 6.45) is 0.792. The first-order chi connectivity index (χ1) is 8.63. The van der Waals surface area contributed by atoms with Gasteiger partial charge in [-0.3, -0.25) is 4.79 Å². The van der Waals surface area contributed by atoms with E-state index in [1.165, 1.54) is 0 Å². The maximum absolute atomic E-state index is 11.8. The quantitative estimate of drug-likeness (QED) is 0.544. The second kappa shape index (κ2) is 7.84. The summed E-state index contributed by atoms with van der Waals surface area (Å²) in [6.45, 7) is 5.01. The molecule has 0 aromatic heterocycles. The third kappa shape index (κ3) is 5.29. The van der Waals surface area contributed by atoms with E-state index in [1.54, 1.807) is 24.3 Å². The second-order valence-electron chi connectivity index (χ2n) is 4.37. The maximum atomic E-state index is 11.8. The van der Waals surface area contributed by atoms with Crippen LogP contribution in [-0.2, 0) is 0 Å². The van der Waals surface area contributed by atoms with Crippen LogP contribution in [0.25, 0.3) is 0 Å². The highest BCUT2D eigenvalue weighted by Crippen LogP contribution is 2.13. The van der Waals surface area contributed by atoms with E-state index in [1.807, 2.05) is 13.8 Å². The molecule has 0 atom stereocenters. The third-order valence-electron chi connectivity index (χ3n) is 2.35. The average Bonchev–Trinajstić information content (AvgIpc) is 2.34. The van der Waals surface area contributed by atoms with Gasteiger partial charge in [-0.15, -0.1) is 0 Å². The minimum absolute atomic E-state index is 0.0454. The zero-order valence-corrected chi connectivity index (χ0v) is 11.0. The molecule has 0 spiro atoms. The molecule has 0 saturated heterocycles. The van der Waals surface area contributed by atoms with Crippen molar-refractivity contribution in [2.45, 2.75) is 26.4 Å². The predicted molar refractivity (Wildman–Crippen MR) is 71.1 cm³/mol. The number of aliphatic hydroxyl groups excluding tert-OH is 1. The summed E-state index contributed by atoms with van der Waals surface area (Å²) in [5.74, 6) is 0.818. The summed E-state index contributed by atoms with van der Waals surface area (Å²) in [5.41, 5.74) is 0.669. The summed E-state index contributed by atoms with van der Waals surface area (Å²) < 4.78 is 5.51. The maximum Gasteiger partial charge on any atom is 0.176 e. The Morgan fingerprint density at radius 3 is 2.56 bits per heavy atom. The van der Waals surface area contributed by atoms with Crippen molar-refractivity contribution < 1.29 is 14.6 Å². The molecule has 0 saturated carbocycles. The number of nitrogens with one attached hydrogen (secondary N) is 1. The van der Waals surface area contributed by atoms with E-state index in [4.69, 9.17) is 9.84 Å². The number of ether oxygens (including phenoxy) is 1. The largest absolute Gasteiger partial charge is 0.491 e. The predicted octanol–water partition coefficient (Wildman–Crippen LogP) is 1.63. The van der Waals surface area contributed by atoms with Crippen LogP contribution in [0.2, 0.25) is 0 Å². The van der Waals surface area contributed by atoms with Gasteiger partial charge in [0.2, 0.25) is 0 Å². The van der Waals surface area contributed by atoms with Gasteiger partial charge >= 0.3 is 0 Å². The van der Waals surface area contributed by atoms with Gasteiger partial charge in [-0.25, -0.2) is 0 Å². The van der Waals surface area contributed by atoms with E-state index in [0.717, 1.165) is 5.75 Å². The Labute approximate surface area is 108 Å². The summed E-state index contributed by atoms with van der Waals surface area (Å²) in [7, 11) is 0. The van der Waals surface area contributed by atoms with Crippen LogP contribution < -0.4 is 10.1 Å². The summed E-state index contributed by atoms with van der Waals surface area (Å²) >= 11 is 0. The Morgan fingerprint density at radius 1 is 1.33 bits per heavy atom. The van der Waals surface area contributed by atoms with Crippen LogP contribution in [0.4, 0.5) is 0 Å². The molecule has 1 aromatic rings. The molecule has 0 fully saturated rings. The zero-order chi connectivity index (χ0) is 13.4. The molecule has 4 heteroatoms. The minimum atomic E-state index is 0.0454. The molecule has 0 unspecified atom stereocenters. The van der Waals surface area contributed by atoms with Gasteiger partial charge in [0.15, 0.2) is 5.78 Å². The Bertz CT molecular complexity index is 360. The molecule has 0 radical (unpaired) electrons. The first-order valence-corrected chi connectivity index (χ1v) is 6.25. The van der Waals surface area contributed by atoms with Gasteiger partial charge in [-0.05, 0) is 51.1 Å². The number of Topliss-reactive ketones (excluding diaryl/α,β-unsaturated/α-hetero) is 1. The first-order valence-electron chi connectivity index (χ1n) is 6.25. The molecule has 0 heterocycles. The average molecular weight is 251 g/mol. The molecular formula is C14H21NO3. The molecule has 0 aliphatic heterocycles. The fourth-order valence-electron chi connectivity index (χ4n) is 1.50. The molecule has 2 N–H and O–H groups in total. The Kier molecular flexibility index (Phi) is 6.39. The van der Waals surface area contributed by atoms with Gasteiger partial charge in [-0.2, -0.15) is 0 Å². The lowest BCUT2D eigenvalue weighted by atomic mass is 10.1. The van der Waals surface area contributed by atoms with E-state index in [-0.39, 0.29) is 18.5 Å². The van der Waals surface area contributed by atoms with Crippen molar-refractivity contribution in [3.8, 4) is 5.75 Å². The molecule has 4 nitrogen and oxygen atoms in total. The van der Waals surface area contributed by atoms with Gasteiger partial charge in [0.05, 0.1) is 12.6 Å². The number of carbonyl (C=O) groups is 1. The van der Waals surface area contributed by atoms with Crippen molar-refractivity contribution in [2.75, 3.05) is 19.7 Å². The van der Waals surface area contributed by atoms with Crippen LogP contribution >= 0.6 is 0 Å². The van der Waals surface area contributed by atoms with Gasteiger partial charge in [0.25, 0.3) is 0 Å².